The Balaban J connectivity index is 1.42. The lowest BCUT2D eigenvalue weighted by Gasteiger charge is -2.49. The molecule has 8 nitrogen and oxygen atoms in total. The van der Waals surface area contributed by atoms with Crippen LogP contribution >= 0.6 is 11.8 Å². The Kier molecular flexibility index (Phi) is 8.26. The van der Waals surface area contributed by atoms with Crippen LogP contribution in [0.25, 0.3) is 0 Å². The third-order valence-electron chi connectivity index (χ3n) is 7.11. The predicted molar refractivity (Wildman–Crippen MR) is 153 cm³/mol. The highest BCUT2D eigenvalue weighted by Crippen LogP contribution is 2.48. The minimum Gasteiger partial charge on any atom is -0.497 e. The zero-order valence-corrected chi connectivity index (χ0v) is 23.9. The molecule has 0 saturated carbocycles. The molecule has 0 aliphatic carbocycles. The standard InChI is InChI=1S/C31H32FNO7S/c1-30(2)17-39-31(40-18-30,21-6-14-24(37-3)15-7-21)19-41-28-27(20-4-12-25(13-5-20)38-16-26(34)35)33(29(28)36)23-10-8-22(32)9-11-23/h4-15,27-28H,16-19H2,1-3H3,(H,34,35)/t27-,28-/m1/s1. The minimum absolute atomic E-state index is 0.112. The highest BCUT2D eigenvalue weighted by molar-refractivity contribution is 8.00. The van der Waals surface area contributed by atoms with Gasteiger partial charge in [-0.1, -0.05) is 26.0 Å². The van der Waals surface area contributed by atoms with Crippen molar-refractivity contribution >= 4 is 29.3 Å². The van der Waals surface area contributed by atoms with Crippen LogP contribution in [0.3, 0.4) is 0 Å². The number of amides is 1. The number of halogens is 1. The summed E-state index contributed by atoms with van der Waals surface area (Å²) in [6.07, 6.45) is 0. The number of hydrogen-bond donors (Lipinski definition) is 1. The van der Waals surface area contributed by atoms with Gasteiger partial charge in [0.1, 0.15) is 22.6 Å². The van der Waals surface area contributed by atoms with E-state index in [1.165, 1.54) is 23.9 Å². The summed E-state index contributed by atoms with van der Waals surface area (Å²) in [7, 11) is 1.61. The fourth-order valence-electron chi connectivity index (χ4n) is 4.83. The van der Waals surface area contributed by atoms with E-state index in [-0.39, 0.29) is 23.2 Å². The Morgan fingerprint density at radius 1 is 1.00 bits per heavy atom. The van der Waals surface area contributed by atoms with Gasteiger partial charge in [0, 0.05) is 16.7 Å². The van der Waals surface area contributed by atoms with Crippen molar-refractivity contribution in [1.29, 1.82) is 0 Å². The molecule has 1 N–H and O–H groups in total. The zero-order chi connectivity index (χ0) is 29.2. The van der Waals surface area contributed by atoms with Crippen LogP contribution in [0.2, 0.25) is 0 Å². The number of carbonyl (C=O) groups excluding carboxylic acids is 1. The third-order valence-corrected chi connectivity index (χ3v) is 8.47. The van der Waals surface area contributed by atoms with Gasteiger partial charge < -0.3 is 29.0 Å². The summed E-state index contributed by atoms with van der Waals surface area (Å²) >= 11 is 1.45. The number of carboxylic acid groups (broad SMARTS) is 1. The smallest absolute Gasteiger partial charge is 0.341 e. The number of benzene rings is 3. The van der Waals surface area contributed by atoms with E-state index in [0.717, 1.165) is 11.1 Å². The molecule has 5 rings (SSSR count). The molecule has 2 heterocycles. The molecule has 2 fully saturated rings. The Bertz CT molecular complexity index is 1370. The number of carboxylic acids is 1. The number of hydrogen-bond acceptors (Lipinski definition) is 7. The molecule has 3 aromatic rings. The highest BCUT2D eigenvalue weighted by Gasteiger charge is 2.51. The lowest BCUT2D eigenvalue weighted by atomic mass is 9.92. The summed E-state index contributed by atoms with van der Waals surface area (Å²) in [6.45, 7) is 4.68. The van der Waals surface area contributed by atoms with Gasteiger partial charge in [0.15, 0.2) is 6.61 Å². The number of rotatable bonds is 10. The molecule has 2 aliphatic rings. The van der Waals surface area contributed by atoms with Crippen LogP contribution in [-0.4, -0.2) is 54.9 Å². The number of β-lactam (4-membered cyclic amide) rings is 1. The molecule has 0 unspecified atom stereocenters. The van der Waals surface area contributed by atoms with Crippen molar-refractivity contribution in [3.8, 4) is 11.5 Å². The molecule has 41 heavy (non-hydrogen) atoms. The van der Waals surface area contributed by atoms with Gasteiger partial charge in [-0.25, -0.2) is 9.18 Å². The maximum Gasteiger partial charge on any atom is 0.341 e. The molecule has 0 radical (unpaired) electrons. The average molecular weight is 582 g/mol. The van der Waals surface area contributed by atoms with Crippen LogP contribution in [0.4, 0.5) is 10.1 Å². The van der Waals surface area contributed by atoms with Crippen molar-refractivity contribution in [3.63, 3.8) is 0 Å². The molecule has 10 heteroatoms. The van der Waals surface area contributed by atoms with E-state index in [1.54, 1.807) is 36.3 Å². The fourth-order valence-corrected chi connectivity index (χ4v) is 6.28. The zero-order valence-electron chi connectivity index (χ0n) is 23.0. The Morgan fingerprint density at radius 3 is 2.20 bits per heavy atom. The van der Waals surface area contributed by atoms with Crippen LogP contribution in [0, 0.1) is 11.2 Å². The Morgan fingerprint density at radius 2 is 1.61 bits per heavy atom. The van der Waals surface area contributed by atoms with Crippen molar-refractivity contribution < 1.29 is 38.0 Å². The van der Waals surface area contributed by atoms with E-state index < -0.39 is 23.6 Å². The first kappa shape index (κ1) is 28.9. The number of aliphatic carboxylic acids is 1. The van der Waals surface area contributed by atoms with Crippen LogP contribution in [0.15, 0.2) is 72.8 Å². The van der Waals surface area contributed by atoms with E-state index in [9.17, 15) is 14.0 Å². The van der Waals surface area contributed by atoms with E-state index >= 15 is 0 Å². The monoisotopic (exact) mass is 581 g/mol. The van der Waals surface area contributed by atoms with Gasteiger partial charge in [-0.2, -0.15) is 0 Å². The van der Waals surface area contributed by atoms with Gasteiger partial charge >= 0.3 is 5.97 Å². The summed E-state index contributed by atoms with van der Waals surface area (Å²) < 4.78 is 37.1. The van der Waals surface area contributed by atoms with Crippen molar-refractivity contribution in [3.05, 3.63) is 89.7 Å². The van der Waals surface area contributed by atoms with Crippen molar-refractivity contribution in [1.82, 2.24) is 0 Å². The first-order valence-corrected chi connectivity index (χ1v) is 14.2. The van der Waals surface area contributed by atoms with E-state index in [4.69, 9.17) is 24.1 Å². The van der Waals surface area contributed by atoms with Crippen LogP contribution in [0.5, 0.6) is 11.5 Å². The molecule has 2 saturated heterocycles. The van der Waals surface area contributed by atoms with Crippen molar-refractivity contribution in [2.24, 2.45) is 5.41 Å². The maximum atomic E-state index is 13.7. The normalized spacial score (nSPS) is 21.2. The van der Waals surface area contributed by atoms with E-state index in [1.807, 2.05) is 36.4 Å². The number of ether oxygens (including phenoxy) is 4. The second kappa shape index (κ2) is 11.7. The van der Waals surface area contributed by atoms with Gasteiger partial charge in [-0.15, -0.1) is 11.8 Å². The van der Waals surface area contributed by atoms with Crippen molar-refractivity contribution in [2.45, 2.75) is 30.9 Å². The summed E-state index contributed by atoms with van der Waals surface area (Å²) in [6, 6.07) is 20.0. The third kappa shape index (κ3) is 6.19. The number of anilines is 1. The van der Waals surface area contributed by atoms with Gasteiger partial charge in [0.25, 0.3) is 0 Å². The minimum atomic E-state index is -1.07. The predicted octanol–water partition coefficient (Wildman–Crippen LogP) is 5.41. The molecule has 0 bridgehead atoms. The quantitative estimate of drug-likeness (QED) is 0.318. The highest BCUT2D eigenvalue weighted by atomic mass is 32.2. The molecule has 3 aromatic carbocycles. The second-order valence-electron chi connectivity index (χ2n) is 10.8. The van der Waals surface area contributed by atoms with Gasteiger partial charge in [-0.05, 0) is 66.2 Å². The summed E-state index contributed by atoms with van der Waals surface area (Å²) in [5, 5.41) is 8.44. The first-order valence-electron chi connectivity index (χ1n) is 13.2. The van der Waals surface area contributed by atoms with Crippen LogP contribution in [-0.2, 0) is 24.8 Å². The largest absolute Gasteiger partial charge is 0.497 e. The summed E-state index contributed by atoms with van der Waals surface area (Å²) in [4.78, 5) is 26.1. The van der Waals surface area contributed by atoms with E-state index in [2.05, 4.69) is 13.8 Å². The van der Waals surface area contributed by atoms with Crippen molar-refractivity contribution in [2.75, 3.05) is 37.6 Å². The van der Waals surface area contributed by atoms with Gasteiger partial charge in [-0.3, -0.25) is 4.79 Å². The number of nitrogens with zero attached hydrogens (tertiary/aromatic N) is 1. The molecule has 216 valence electrons. The Labute approximate surface area is 242 Å². The molecule has 2 aliphatic heterocycles. The maximum absolute atomic E-state index is 13.7. The SMILES string of the molecule is COc1ccc(C2(CS[C@H]3C(=O)N(c4ccc(F)cc4)[C@@H]3c3ccc(OCC(=O)O)cc3)OCC(C)(C)CO2)cc1. The topological polar surface area (TPSA) is 94.5 Å². The molecule has 2 atom stereocenters. The summed E-state index contributed by atoms with van der Waals surface area (Å²) in [5.41, 5.74) is 2.10. The molecule has 0 aromatic heterocycles. The lowest BCUT2D eigenvalue weighted by molar-refractivity contribution is -0.295. The number of methoxy groups -OCH3 is 1. The molecular formula is C31H32FNO7S. The molecular weight excluding hydrogens is 549 g/mol. The van der Waals surface area contributed by atoms with E-state index in [0.29, 0.717) is 36.2 Å². The number of carbonyl (C=O) groups is 2. The average Bonchev–Trinajstić information content (AvgIpc) is 2.97. The molecule has 1 amide bonds. The summed E-state index contributed by atoms with van der Waals surface area (Å²) in [5.74, 6) is -1.14. The lowest BCUT2D eigenvalue weighted by Crippen LogP contribution is -2.58. The Hall–Kier alpha value is -3.60. The van der Waals surface area contributed by atoms with Gasteiger partial charge in [0.05, 0.1) is 32.1 Å². The van der Waals surface area contributed by atoms with Gasteiger partial charge in [0.2, 0.25) is 11.7 Å². The fraction of sp³-hybridized carbons (Fsp3) is 0.355. The van der Waals surface area contributed by atoms with Crippen LogP contribution < -0.4 is 14.4 Å². The van der Waals surface area contributed by atoms with Crippen LogP contribution in [0.1, 0.15) is 31.0 Å². The first-order chi connectivity index (χ1) is 19.6. The molecule has 0 spiro atoms. The number of thioether (sulfide) groups is 1. The second-order valence-corrected chi connectivity index (χ2v) is 12.0.